The molecule has 1 aliphatic heterocycles. The predicted octanol–water partition coefficient (Wildman–Crippen LogP) is 5.85. The quantitative estimate of drug-likeness (QED) is 0.463. The van der Waals surface area contributed by atoms with Gasteiger partial charge < -0.3 is 4.74 Å². The smallest absolute Gasteiger partial charge is 0.266 e. The van der Waals surface area contributed by atoms with E-state index >= 15 is 0 Å². The van der Waals surface area contributed by atoms with Crippen molar-refractivity contribution in [1.29, 1.82) is 0 Å². The Kier molecular flexibility index (Phi) is 6.53. The van der Waals surface area contributed by atoms with Crippen LogP contribution in [0.1, 0.15) is 16.7 Å². The summed E-state index contributed by atoms with van der Waals surface area (Å²) in [6.07, 6.45) is 2.65. The Morgan fingerprint density at radius 2 is 1.68 bits per heavy atom. The molecule has 1 fully saturated rings. The maximum absolute atomic E-state index is 13.3. The summed E-state index contributed by atoms with van der Waals surface area (Å²) < 4.78 is 5.45. The fraction of sp³-hybridized carbons (Fsp3) is 0.154. The van der Waals surface area contributed by atoms with Gasteiger partial charge in [0.1, 0.15) is 5.75 Å². The highest BCUT2D eigenvalue weighted by atomic mass is 32.2. The monoisotopic (exact) mass is 428 g/mol. The Balaban J connectivity index is 1.65. The molecule has 3 aromatic carbocycles. The molecular formula is C26H24N2O2S. The molecule has 1 aliphatic rings. The normalized spacial score (nSPS) is 16.3. The van der Waals surface area contributed by atoms with E-state index in [0.29, 0.717) is 16.6 Å². The first-order valence-electron chi connectivity index (χ1n) is 10.2. The van der Waals surface area contributed by atoms with Gasteiger partial charge in [0.25, 0.3) is 5.91 Å². The van der Waals surface area contributed by atoms with Crippen LogP contribution in [0.2, 0.25) is 0 Å². The minimum absolute atomic E-state index is 0.0299. The molecule has 1 amide bonds. The summed E-state index contributed by atoms with van der Waals surface area (Å²) in [6.45, 7) is 2.62. The number of benzene rings is 3. The number of carbonyl (C=O) groups excluding carboxylic acids is 1. The first-order chi connectivity index (χ1) is 15.1. The lowest BCUT2D eigenvalue weighted by Crippen LogP contribution is -2.31. The number of hydrogen-bond donors (Lipinski definition) is 0. The van der Waals surface area contributed by atoms with E-state index in [1.54, 1.807) is 12.0 Å². The Morgan fingerprint density at radius 3 is 2.42 bits per heavy atom. The Labute approximate surface area is 187 Å². The highest BCUT2D eigenvalue weighted by Crippen LogP contribution is 2.35. The lowest BCUT2D eigenvalue weighted by molar-refractivity contribution is -0.122. The summed E-state index contributed by atoms with van der Waals surface area (Å²) in [6, 6.07) is 25.9. The van der Waals surface area contributed by atoms with Crippen LogP contribution in [0.15, 0.2) is 88.8 Å². The SMILES string of the molecule is COc1ccccc1/C=C1/SC(=Nc2ccc(C)cc2)N(CCc2ccccc2)C1=O. The van der Waals surface area contributed by atoms with E-state index < -0.39 is 0 Å². The van der Waals surface area contributed by atoms with Gasteiger partial charge in [-0.15, -0.1) is 0 Å². The third-order valence-electron chi connectivity index (χ3n) is 5.04. The summed E-state index contributed by atoms with van der Waals surface area (Å²) in [7, 11) is 1.64. The number of ether oxygens (including phenoxy) is 1. The van der Waals surface area contributed by atoms with E-state index in [1.807, 2.05) is 79.7 Å². The van der Waals surface area contributed by atoms with Crippen LogP contribution >= 0.6 is 11.8 Å². The van der Waals surface area contributed by atoms with Crippen LogP contribution in [0.25, 0.3) is 6.08 Å². The molecule has 5 heteroatoms. The minimum atomic E-state index is -0.0299. The van der Waals surface area contributed by atoms with Gasteiger partial charge >= 0.3 is 0 Å². The van der Waals surface area contributed by atoms with Gasteiger partial charge in [0.05, 0.1) is 17.7 Å². The number of thioether (sulfide) groups is 1. The first kappa shape index (κ1) is 20.9. The van der Waals surface area contributed by atoms with Gasteiger partial charge in [-0.1, -0.05) is 66.2 Å². The maximum atomic E-state index is 13.3. The second-order valence-corrected chi connectivity index (χ2v) is 8.28. The van der Waals surface area contributed by atoms with Crippen molar-refractivity contribution in [2.45, 2.75) is 13.3 Å². The second kappa shape index (κ2) is 9.67. The third kappa shape index (κ3) is 5.06. The number of aryl methyl sites for hydroxylation is 1. The molecule has 1 saturated heterocycles. The molecule has 0 N–H and O–H groups in total. The van der Waals surface area contributed by atoms with Crippen molar-refractivity contribution in [3.05, 3.63) is 100 Å². The van der Waals surface area contributed by atoms with Gasteiger partial charge in [0.15, 0.2) is 5.17 Å². The van der Waals surface area contributed by atoms with Gasteiger partial charge in [-0.25, -0.2) is 4.99 Å². The number of rotatable bonds is 6. The molecule has 0 saturated carbocycles. The number of para-hydroxylation sites is 1. The van der Waals surface area contributed by atoms with E-state index in [-0.39, 0.29) is 5.91 Å². The largest absolute Gasteiger partial charge is 0.496 e. The zero-order valence-electron chi connectivity index (χ0n) is 17.6. The molecule has 4 rings (SSSR count). The molecule has 0 spiro atoms. The Hall–Kier alpha value is -3.31. The molecule has 0 aromatic heterocycles. The topological polar surface area (TPSA) is 41.9 Å². The van der Waals surface area contributed by atoms with Gasteiger partial charge in [0, 0.05) is 12.1 Å². The van der Waals surface area contributed by atoms with Crippen molar-refractivity contribution < 1.29 is 9.53 Å². The predicted molar refractivity (Wildman–Crippen MR) is 129 cm³/mol. The van der Waals surface area contributed by atoms with E-state index in [4.69, 9.17) is 9.73 Å². The molecule has 4 nitrogen and oxygen atoms in total. The molecule has 0 unspecified atom stereocenters. The molecule has 1 heterocycles. The van der Waals surface area contributed by atoms with Crippen molar-refractivity contribution in [3.8, 4) is 5.75 Å². The second-order valence-electron chi connectivity index (χ2n) is 7.27. The minimum Gasteiger partial charge on any atom is -0.496 e. The van der Waals surface area contributed by atoms with Crippen molar-refractivity contribution in [2.24, 2.45) is 4.99 Å². The van der Waals surface area contributed by atoms with Crippen molar-refractivity contribution >= 4 is 34.6 Å². The summed E-state index contributed by atoms with van der Waals surface area (Å²) in [4.78, 5) is 20.5. The molecular weight excluding hydrogens is 404 g/mol. The van der Waals surface area contributed by atoms with Crippen LogP contribution < -0.4 is 4.74 Å². The molecule has 0 atom stereocenters. The molecule has 0 radical (unpaired) electrons. The van der Waals surface area contributed by atoms with Crippen LogP contribution in [-0.4, -0.2) is 29.6 Å². The lowest BCUT2D eigenvalue weighted by Gasteiger charge is -2.15. The first-order valence-corrected chi connectivity index (χ1v) is 11.0. The Morgan fingerprint density at radius 1 is 0.968 bits per heavy atom. The van der Waals surface area contributed by atoms with Crippen LogP contribution in [0.4, 0.5) is 5.69 Å². The van der Waals surface area contributed by atoms with E-state index in [0.717, 1.165) is 23.4 Å². The molecule has 31 heavy (non-hydrogen) atoms. The lowest BCUT2D eigenvalue weighted by atomic mass is 10.1. The van der Waals surface area contributed by atoms with Crippen LogP contribution in [0.5, 0.6) is 5.75 Å². The van der Waals surface area contributed by atoms with Crippen molar-refractivity contribution in [3.63, 3.8) is 0 Å². The van der Waals surface area contributed by atoms with Crippen LogP contribution in [0.3, 0.4) is 0 Å². The summed E-state index contributed by atoms with van der Waals surface area (Å²) in [5.41, 5.74) is 4.08. The zero-order valence-corrected chi connectivity index (χ0v) is 18.4. The van der Waals surface area contributed by atoms with Crippen molar-refractivity contribution in [1.82, 2.24) is 4.90 Å². The number of methoxy groups -OCH3 is 1. The zero-order chi connectivity index (χ0) is 21.6. The van der Waals surface area contributed by atoms with Crippen LogP contribution in [0, 0.1) is 6.92 Å². The number of aliphatic imine (C=N–C) groups is 1. The number of amidine groups is 1. The number of nitrogens with zero attached hydrogens (tertiary/aromatic N) is 2. The molecule has 0 aliphatic carbocycles. The number of amides is 1. The number of carbonyl (C=O) groups is 1. The van der Waals surface area contributed by atoms with E-state index in [2.05, 4.69) is 12.1 Å². The third-order valence-corrected chi connectivity index (χ3v) is 6.05. The van der Waals surface area contributed by atoms with Gasteiger partial charge in [0.2, 0.25) is 0 Å². The van der Waals surface area contributed by atoms with Gasteiger partial charge in [-0.3, -0.25) is 9.69 Å². The Bertz CT molecular complexity index is 1120. The average Bonchev–Trinajstić information content (AvgIpc) is 3.09. The van der Waals surface area contributed by atoms with E-state index in [1.165, 1.54) is 22.9 Å². The molecule has 0 bridgehead atoms. The highest BCUT2D eigenvalue weighted by Gasteiger charge is 2.33. The fourth-order valence-corrected chi connectivity index (χ4v) is 4.35. The maximum Gasteiger partial charge on any atom is 0.266 e. The number of hydrogen-bond acceptors (Lipinski definition) is 4. The average molecular weight is 429 g/mol. The highest BCUT2D eigenvalue weighted by molar-refractivity contribution is 8.18. The van der Waals surface area contributed by atoms with Crippen LogP contribution in [-0.2, 0) is 11.2 Å². The molecule has 156 valence electrons. The standard InChI is InChI=1S/C26H24N2O2S/c1-19-12-14-22(15-13-19)27-26-28(17-16-20-8-4-3-5-9-20)25(29)24(31-26)18-21-10-6-7-11-23(21)30-2/h3-15,18H,16-17H2,1-2H3/b24-18+,27-26?. The summed E-state index contributed by atoms with van der Waals surface area (Å²) >= 11 is 1.41. The van der Waals surface area contributed by atoms with Gasteiger partial charge in [-0.05, 0) is 54.9 Å². The summed E-state index contributed by atoms with van der Waals surface area (Å²) in [5, 5.41) is 0.700. The molecule has 3 aromatic rings. The van der Waals surface area contributed by atoms with Gasteiger partial charge in [-0.2, -0.15) is 0 Å². The fourth-order valence-electron chi connectivity index (χ4n) is 3.33. The summed E-state index contributed by atoms with van der Waals surface area (Å²) in [5.74, 6) is 0.709. The van der Waals surface area contributed by atoms with E-state index in [9.17, 15) is 4.79 Å². The van der Waals surface area contributed by atoms with Crippen molar-refractivity contribution in [2.75, 3.05) is 13.7 Å².